The van der Waals surface area contributed by atoms with Crippen molar-refractivity contribution in [3.8, 4) is 5.75 Å². The number of Topliss-reactive ketones (excluding diaryl/α,β-unsaturated/α-hetero) is 1. The number of amides is 1. The highest BCUT2D eigenvalue weighted by atomic mass is 16.5. The highest BCUT2D eigenvalue weighted by Gasteiger charge is 2.42. The van der Waals surface area contributed by atoms with Gasteiger partial charge in [-0.25, -0.2) is 0 Å². The van der Waals surface area contributed by atoms with E-state index in [1.165, 1.54) is 26.2 Å². The highest BCUT2D eigenvalue weighted by molar-refractivity contribution is 6.08. The number of carbonyl (C=O) groups is 2. The molecule has 1 amide bonds. The third-order valence-electron chi connectivity index (χ3n) is 5.20. The first-order valence-corrected chi connectivity index (χ1v) is 9.14. The van der Waals surface area contributed by atoms with Crippen molar-refractivity contribution < 1.29 is 19.4 Å². The molecule has 0 radical (unpaired) electrons. The quantitative estimate of drug-likeness (QED) is 0.846. The SMILES string of the molecule is COc1cccc(C2C(C(C)=O)=C(O)C(=O)N2CCN2CCCCC2)c1. The maximum Gasteiger partial charge on any atom is 0.290 e. The van der Waals surface area contributed by atoms with Crippen molar-refractivity contribution in [3.63, 3.8) is 0 Å². The molecule has 0 saturated carbocycles. The van der Waals surface area contributed by atoms with E-state index in [-0.39, 0.29) is 11.4 Å². The van der Waals surface area contributed by atoms with Crippen LogP contribution in [0.1, 0.15) is 37.8 Å². The molecule has 1 saturated heterocycles. The molecule has 2 heterocycles. The molecule has 1 atom stereocenters. The van der Waals surface area contributed by atoms with E-state index in [1.807, 2.05) is 24.3 Å². The van der Waals surface area contributed by atoms with Gasteiger partial charge in [0.15, 0.2) is 11.5 Å². The van der Waals surface area contributed by atoms with E-state index in [2.05, 4.69) is 4.90 Å². The molecule has 0 bridgehead atoms. The number of ketones is 1. The zero-order valence-corrected chi connectivity index (χ0v) is 15.4. The summed E-state index contributed by atoms with van der Waals surface area (Å²) in [5.74, 6) is -0.534. The summed E-state index contributed by atoms with van der Waals surface area (Å²) in [5.41, 5.74) is 0.937. The maximum absolute atomic E-state index is 12.6. The van der Waals surface area contributed by atoms with Gasteiger partial charge < -0.3 is 19.6 Å². The maximum atomic E-state index is 12.6. The third-order valence-corrected chi connectivity index (χ3v) is 5.20. The lowest BCUT2D eigenvalue weighted by atomic mass is 9.96. The Morgan fingerprint density at radius 1 is 1.23 bits per heavy atom. The minimum absolute atomic E-state index is 0.168. The van der Waals surface area contributed by atoms with Gasteiger partial charge in [-0.3, -0.25) is 9.59 Å². The number of aliphatic hydroxyl groups is 1. The summed E-state index contributed by atoms with van der Waals surface area (Å²) in [7, 11) is 1.58. The molecule has 140 valence electrons. The summed E-state index contributed by atoms with van der Waals surface area (Å²) >= 11 is 0. The Kier molecular flexibility index (Phi) is 5.61. The van der Waals surface area contributed by atoms with Gasteiger partial charge >= 0.3 is 0 Å². The predicted octanol–water partition coefficient (Wildman–Crippen LogP) is 2.47. The lowest BCUT2D eigenvalue weighted by Crippen LogP contribution is -2.40. The summed E-state index contributed by atoms with van der Waals surface area (Å²) in [6.07, 6.45) is 3.60. The number of methoxy groups -OCH3 is 1. The summed E-state index contributed by atoms with van der Waals surface area (Å²) in [6.45, 7) is 4.67. The van der Waals surface area contributed by atoms with Crippen LogP contribution in [0.4, 0.5) is 0 Å². The molecule has 2 aliphatic rings. The first-order valence-electron chi connectivity index (χ1n) is 9.14. The molecule has 0 aliphatic carbocycles. The van der Waals surface area contributed by atoms with Crippen molar-refractivity contribution in [2.24, 2.45) is 0 Å². The molecule has 3 rings (SSSR count). The van der Waals surface area contributed by atoms with E-state index in [1.54, 1.807) is 12.0 Å². The standard InChI is InChI=1S/C20H26N2O4/c1-14(23)17-18(15-7-6-8-16(13-15)26-2)22(20(25)19(17)24)12-11-21-9-4-3-5-10-21/h6-8,13,18,24H,3-5,9-12H2,1-2H3. The lowest BCUT2D eigenvalue weighted by molar-refractivity contribution is -0.129. The van der Waals surface area contributed by atoms with Crippen LogP contribution in [0, 0.1) is 0 Å². The van der Waals surface area contributed by atoms with Gasteiger partial charge in [-0.05, 0) is 50.6 Å². The van der Waals surface area contributed by atoms with Crippen LogP contribution in [0.2, 0.25) is 0 Å². The Labute approximate surface area is 154 Å². The molecule has 1 N–H and O–H groups in total. The number of hydrogen-bond acceptors (Lipinski definition) is 5. The Bertz CT molecular complexity index is 722. The summed E-state index contributed by atoms with van der Waals surface area (Å²) in [6, 6.07) is 6.74. The second kappa shape index (κ2) is 7.91. The number of aliphatic hydroxyl groups excluding tert-OH is 1. The normalized spacial score (nSPS) is 21.4. The average Bonchev–Trinajstić information content (AvgIpc) is 2.92. The van der Waals surface area contributed by atoms with Crippen LogP contribution in [0.5, 0.6) is 5.75 Å². The van der Waals surface area contributed by atoms with Gasteiger partial charge in [-0.2, -0.15) is 0 Å². The van der Waals surface area contributed by atoms with Crippen LogP contribution in [-0.4, -0.2) is 59.9 Å². The monoisotopic (exact) mass is 358 g/mol. The number of ether oxygens (including phenoxy) is 1. The Hall–Kier alpha value is -2.34. The van der Waals surface area contributed by atoms with Crippen LogP contribution in [0.25, 0.3) is 0 Å². The minimum Gasteiger partial charge on any atom is -0.503 e. The smallest absolute Gasteiger partial charge is 0.290 e. The molecule has 6 heteroatoms. The Morgan fingerprint density at radius 2 is 1.96 bits per heavy atom. The second-order valence-corrected chi connectivity index (χ2v) is 6.90. The predicted molar refractivity (Wildman–Crippen MR) is 98.1 cm³/mol. The molecule has 6 nitrogen and oxygen atoms in total. The van der Waals surface area contributed by atoms with E-state index in [4.69, 9.17) is 4.74 Å². The fourth-order valence-corrected chi connectivity index (χ4v) is 3.83. The first kappa shape index (κ1) is 18.5. The number of hydrogen-bond donors (Lipinski definition) is 1. The van der Waals surface area contributed by atoms with Gasteiger partial charge in [-0.15, -0.1) is 0 Å². The van der Waals surface area contributed by atoms with E-state index in [9.17, 15) is 14.7 Å². The van der Waals surface area contributed by atoms with Crippen molar-refractivity contribution in [3.05, 3.63) is 41.2 Å². The number of nitrogens with zero attached hydrogens (tertiary/aromatic N) is 2. The Morgan fingerprint density at radius 3 is 2.62 bits per heavy atom. The second-order valence-electron chi connectivity index (χ2n) is 6.90. The van der Waals surface area contributed by atoms with Gasteiger partial charge in [0.05, 0.1) is 18.7 Å². The van der Waals surface area contributed by atoms with E-state index in [0.717, 1.165) is 25.2 Å². The molecule has 1 aromatic rings. The zero-order chi connectivity index (χ0) is 18.7. The van der Waals surface area contributed by atoms with Gasteiger partial charge in [-0.1, -0.05) is 18.6 Å². The number of benzene rings is 1. The molecule has 1 fully saturated rings. The van der Waals surface area contributed by atoms with Crippen molar-refractivity contribution >= 4 is 11.7 Å². The number of carbonyl (C=O) groups excluding carboxylic acids is 2. The number of likely N-dealkylation sites (tertiary alicyclic amines) is 1. The van der Waals surface area contributed by atoms with E-state index < -0.39 is 17.7 Å². The molecular formula is C20H26N2O4. The fraction of sp³-hybridized carbons (Fsp3) is 0.500. The molecule has 2 aliphatic heterocycles. The lowest BCUT2D eigenvalue weighted by Gasteiger charge is -2.31. The van der Waals surface area contributed by atoms with Crippen LogP contribution in [0.3, 0.4) is 0 Å². The van der Waals surface area contributed by atoms with Crippen LogP contribution in [0.15, 0.2) is 35.6 Å². The van der Waals surface area contributed by atoms with Gasteiger partial charge in [0.1, 0.15) is 5.75 Å². The Balaban J connectivity index is 1.88. The minimum atomic E-state index is -0.570. The van der Waals surface area contributed by atoms with Crippen LogP contribution < -0.4 is 4.74 Å². The van der Waals surface area contributed by atoms with Gasteiger partial charge in [0, 0.05) is 13.1 Å². The van der Waals surface area contributed by atoms with Crippen molar-refractivity contribution in [2.45, 2.75) is 32.2 Å². The molecule has 1 unspecified atom stereocenters. The van der Waals surface area contributed by atoms with Crippen molar-refractivity contribution in [2.75, 3.05) is 33.3 Å². The fourth-order valence-electron chi connectivity index (χ4n) is 3.83. The molecule has 1 aromatic carbocycles. The van der Waals surface area contributed by atoms with Gasteiger partial charge in [0.2, 0.25) is 0 Å². The number of piperidine rings is 1. The summed E-state index contributed by atoms with van der Waals surface area (Å²) in [4.78, 5) is 28.7. The molecule has 0 aromatic heterocycles. The summed E-state index contributed by atoms with van der Waals surface area (Å²) in [5, 5.41) is 10.3. The molecular weight excluding hydrogens is 332 g/mol. The molecule has 26 heavy (non-hydrogen) atoms. The van der Waals surface area contributed by atoms with Crippen LogP contribution >= 0.6 is 0 Å². The molecule has 0 spiro atoms. The number of rotatable bonds is 6. The largest absolute Gasteiger partial charge is 0.503 e. The van der Waals surface area contributed by atoms with E-state index in [0.29, 0.717) is 12.3 Å². The zero-order valence-electron chi connectivity index (χ0n) is 15.4. The van der Waals surface area contributed by atoms with Crippen molar-refractivity contribution in [1.82, 2.24) is 9.80 Å². The van der Waals surface area contributed by atoms with E-state index >= 15 is 0 Å². The summed E-state index contributed by atoms with van der Waals surface area (Å²) < 4.78 is 5.28. The third kappa shape index (κ3) is 3.60. The first-order chi connectivity index (χ1) is 12.5. The van der Waals surface area contributed by atoms with Gasteiger partial charge in [0.25, 0.3) is 5.91 Å². The average molecular weight is 358 g/mol. The van der Waals surface area contributed by atoms with Crippen molar-refractivity contribution in [1.29, 1.82) is 0 Å². The van der Waals surface area contributed by atoms with Crippen LogP contribution in [-0.2, 0) is 9.59 Å². The highest BCUT2D eigenvalue weighted by Crippen LogP contribution is 2.38. The topological polar surface area (TPSA) is 70.1 Å².